The maximum absolute atomic E-state index is 13.9. The molecule has 0 radical (unpaired) electrons. The number of hydrogen-bond donors (Lipinski definition) is 0. The number of rotatable bonds is 5. The number of aromatic nitrogens is 1. The lowest BCUT2D eigenvalue weighted by atomic mass is 9.76. The Balaban J connectivity index is 1.34. The molecule has 0 bridgehead atoms. The van der Waals surface area contributed by atoms with E-state index in [1.165, 1.54) is 16.7 Å². The molecule has 4 aromatic rings. The second kappa shape index (κ2) is 9.56. The van der Waals surface area contributed by atoms with Crippen molar-refractivity contribution >= 4 is 17.5 Å². The van der Waals surface area contributed by atoms with E-state index in [1.807, 2.05) is 53.7 Å². The fourth-order valence-electron chi connectivity index (χ4n) is 5.75. The van der Waals surface area contributed by atoms with Gasteiger partial charge in [-0.05, 0) is 53.3 Å². The molecule has 1 atom stereocenters. The van der Waals surface area contributed by atoms with Crippen molar-refractivity contribution in [3.05, 3.63) is 112 Å². The number of nitrogens with zero attached hydrogens (tertiary/aromatic N) is 2. The largest absolute Gasteiger partial charge is 0.493 e. The van der Waals surface area contributed by atoms with Gasteiger partial charge in [-0.3, -0.25) is 4.79 Å². The minimum atomic E-state index is -0.0534. The van der Waals surface area contributed by atoms with Crippen LogP contribution in [0.25, 0.3) is 11.1 Å². The molecule has 6 rings (SSSR count). The van der Waals surface area contributed by atoms with E-state index in [9.17, 15) is 4.79 Å². The van der Waals surface area contributed by atoms with E-state index >= 15 is 0 Å². The third-order valence-corrected chi connectivity index (χ3v) is 7.76. The minimum absolute atomic E-state index is 0.0504. The zero-order chi connectivity index (χ0) is 25.5. The Bertz CT molecular complexity index is 1480. The number of ether oxygens (including phenoxy) is 2. The van der Waals surface area contributed by atoms with Gasteiger partial charge < -0.3 is 14.4 Å². The highest BCUT2D eigenvalue weighted by Gasteiger charge is 2.39. The van der Waals surface area contributed by atoms with Gasteiger partial charge in [0.15, 0.2) is 30.4 Å². The summed E-state index contributed by atoms with van der Waals surface area (Å²) in [6.45, 7) is 1.38. The van der Waals surface area contributed by atoms with E-state index in [-0.39, 0.29) is 11.9 Å². The summed E-state index contributed by atoms with van der Waals surface area (Å²) in [4.78, 5) is 15.9. The summed E-state index contributed by atoms with van der Waals surface area (Å²) in [5.41, 5.74) is 7.68. The summed E-state index contributed by atoms with van der Waals surface area (Å²) in [5.74, 6) is 1.52. The fraction of sp³-hybridized carbons (Fsp3) is 0.226. The van der Waals surface area contributed by atoms with E-state index < -0.39 is 0 Å². The molecular formula is C31H28ClN2O3+. The molecule has 2 aliphatic rings. The first kappa shape index (κ1) is 23.6. The van der Waals surface area contributed by atoms with E-state index in [4.69, 9.17) is 21.1 Å². The lowest BCUT2D eigenvalue weighted by Gasteiger charge is -2.42. The quantitative estimate of drug-likeness (QED) is 0.325. The summed E-state index contributed by atoms with van der Waals surface area (Å²) in [5, 5.41) is 0.724. The Hall–Kier alpha value is -3.83. The van der Waals surface area contributed by atoms with Gasteiger partial charge >= 0.3 is 0 Å². The normalized spacial score (nSPS) is 15.5. The highest BCUT2D eigenvalue weighted by molar-refractivity contribution is 6.30. The van der Waals surface area contributed by atoms with E-state index in [0.29, 0.717) is 18.7 Å². The minimum Gasteiger partial charge on any atom is -0.493 e. The van der Waals surface area contributed by atoms with Crippen molar-refractivity contribution in [1.29, 1.82) is 0 Å². The maximum atomic E-state index is 13.9. The summed E-state index contributed by atoms with van der Waals surface area (Å²) in [7, 11) is 3.36. The molecule has 0 fully saturated rings. The molecule has 6 heteroatoms. The lowest BCUT2D eigenvalue weighted by Crippen LogP contribution is -2.43. The molecule has 0 saturated heterocycles. The Labute approximate surface area is 221 Å². The number of hydrogen-bond acceptors (Lipinski definition) is 3. The van der Waals surface area contributed by atoms with Gasteiger partial charge in [0, 0.05) is 34.8 Å². The summed E-state index contributed by atoms with van der Waals surface area (Å²) >= 11 is 6.01. The van der Waals surface area contributed by atoms with Gasteiger partial charge in [0.25, 0.3) is 5.91 Å². The molecule has 1 aromatic heterocycles. The van der Waals surface area contributed by atoms with Crippen LogP contribution in [-0.4, -0.2) is 31.6 Å². The highest BCUT2D eigenvalue weighted by atomic mass is 35.5. The van der Waals surface area contributed by atoms with Crippen LogP contribution >= 0.6 is 11.6 Å². The lowest BCUT2D eigenvalue weighted by molar-refractivity contribution is -0.688. The second-order valence-electron chi connectivity index (χ2n) is 9.57. The smallest absolute Gasteiger partial charge is 0.254 e. The summed E-state index contributed by atoms with van der Waals surface area (Å²) in [6, 6.07) is 22.1. The van der Waals surface area contributed by atoms with Gasteiger partial charge in [-0.25, -0.2) is 4.57 Å². The molecule has 0 saturated carbocycles. The van der Waals surface area contributed by atoms with Crippen LogP contribution in [0.1, 0.15) is 38.7 Å². The molecule has 37 heavy (non-hydrogen) atoms. The van der Waals surface area contributed by atoms with Crippen LogP contribution in [0.3, 0.4) is 0 Å². The Morgan fingerprint density at radius 2 is 1.76 bits per heavy atom. The van der Waals surface area contributed by atoms with Crippen molar-refractivity contribution < 1.29 is 18.8 Å². The first-order chi connectivity index (χ1) is 18.1. The fourth-order valence-corrected chi connectivity index (χ4v) is 5.87. The van der Waals surface area contributed by atoms with Crippen LogP contribution in [0.15, 0.2) is 79.1 Å². The Morgan fingerprint density at radius 3 is 2.49 bits per heavy atom. The molecule has 1 aliphatic heterocycles. The number of carbonyl (C=O) groups is 1. The first-order valence-electron chi connectivity index (χ1n) is 12.5. The zero-order valence-corrected chi connectivity index (χ0v) is 21.7. The SMILES string of the molecule is COc1cc2c3c(c1OC)-c1ccccc1CC3N(C(=O)c1cc[n+](Cc3ccc(Cl)cc3)cc1)CC2. The molecule has 2 heterocycles. The monoisotopic (exact) mass is 511 g/mol. The predicted molar refractivity (Wildman–Crippen MR) is 143 cm³/mol. The van der Waals surface area contributed by atoms with Crippen molar-refractivity contribution in [2.45, 2.75) is 25.4 Å². The topological polar surface area (TPSA) is 42.7 Å². The van der Waals surface area contributed by atoms with Crippen molar-refractivity contribution in [2.24, 2.45) is 0 Å². The molecule has 1 aliphatic carbocycles. The van der Waals surface area contributed by atoms with Crippen molar-refractivity contribution in [3.8, 4) is 22.6 Å². The van der Waals surface area contributed by atoms with Crippen molar-refractivity contribution in [1.82, 2.24) is 4.90 Å². The van der Waals surface area contributed by atoms with Crippen LogP contribution in [-0.2, 0) is 19.4 Å². The van der Waals surface area contributed by atoms with E-state index in [1.54, 1.807) is 14.2 Å². The molecule has 186 valence electrons. The van der Waals surface area contributed by atoms with Crippen molar-refractivity contribution in [3.63, 3.8) is 0 Å². The number of carbonyl (C=O) groups excluding carboxylic acids is 1. The molecule has 1 amide bonds. The van der Waals surface area contributed by atoms with Crippen LogP contribution in [0, 0.1) is 0 Å². The molecular weight excluding hydrogens is 484 g/mol. The third-order valence-electron chi connectivity index (χ3n) is 7.50. The predicted octanol–water partition coefficient (Wildman–Crippen LogP) is 5.66. The first-order valence-corrected chi connectivity index (χ1v) is 12.9. The number of methoxy groups -OCH3 is 2. The van der Waals surface area contributed by atoms with E-state index in [2.05, 4.69) is 34.9 Å². The highest BCUT2D eigenvalue weighted by Crippen LogP contribution is 2.52. The average Bonchev–Trinajstić information content (AvgIpc) is 2.94. The average molecular weight is 512 g/mol. The molecule has 0 N–H and O–H groups in total. The number of amides is 1. The molecule has 0 spiro atoms. The number of benzene rings is 3. The summed E-state index contributed by atoms with van der Waals surface area (Å²) in [6.07, 6.45) is 5.49. The Morgan fingerprint density at radius 1 is 1.00 bits per heavy atom. The summed E-state index contributed by atoms with van der Waals surface area (Å²) < 4.78 is 13.6. The molecule has 5 nitrogen and oxygen atoms in total. The van der Waals surface area contributed by atoms with Gasteiger partial charge in [-0.2, -0.15) is 0 Å². The Kier molecular flexibility index (Phi) is 6.09. The van der Waals surface area contributed by atoms with Crippen molar-refractivity contribution in [2.75, 3.05) is 20.8 Å². The number of halogens is 1. The van der Waals surface area contributed by atoms with Gasteiger partial charge in [-0.1, -0.05) is 48.0 Å². The second-order valence-corrected chi connectivity index (χ2v) is 10.0. The van der Waals surface area contributed by atoms with E-state index in [0.717, 1.165) is 46.1 Å². The van der Waals surface area contributed by atoms with Crippen LogP contribution in [0.2, 0.25) is 5.02 Å². The number of fused-ring (bicyclic) bond motifs is 2. The van der Waals surface area contributed by atoms with Gasteiger partial charge in [0.05, 0.1) is 25.8 Å². The number of pyridine rings is 1. The third kappa shape index (κ3) is 4.13. The zero-order valence-electron chi connectivity index (χ0n) is 20.9. The van der Waals surface area contributed by atoms with Gasteiger partial charge in [0.1, 0.15) is 0 Å². The molecule has 3 aromatic carbocycles. The maximum Gasteiger partial charge on any atom is 0.254 e. The van der Waals surface area contributed by atoms with Crippen LogP contribution < -0.4 is 14.0 Å². The van der Waals surface area contributed by atoms with Crippen LogP contribution in [0.4, 0.5) is 0 Å². The molecule has 1 unspecified atom stereocenters. The standard InChI is InChI=1S/C31H28ClN2O3/c1-36-27-18-23-13-16-34(26-17-22-5-3-4-6-25(22)29(28(23)26)30(27)37-2)31(35)21-11-14-33(15-12-21)19-20-7-9-24(32)10-8-20/h3-12,14-15,18,26H,13,16-17,19H2,1-2H3/q+1. The van der Waals surface area contributed by atoms with Crippen LogP contribution in [0.5, 0.6) is 11.5 Å². The van der Waals surface area contributed by atoms with Gasteiger partial charge in [-0.15, -0.1) is 0 Å². The van der Waals surface area contributed by atoms with Gasteiger partial charge in [0.2, 0.25) is 0 Å².